The number of unbranched alkanes of at least 4 members (excludes halogenated alkanes) is 2. The maximum absolute atomic E-state index is 12.2. The number of rotatable bonds is 7. The molecular weight excluding hydrogens is 319 g/mol. The van der Waals surface area contributed by atoms with Gasteiger partial charge in [0.05, 0.1) is 12.3 Å². The number of nitrogen functional groups attached to an aromatic ring is 1. The molecule has 0 unspecified atom stereocenters. The summed E-state index contributed by atoms with van der Waals surface area (Å²) in [5.74, 6) is 0.363. The van der Waals surface area contributed by atoms with Gasteiger partial charge in [-0.3, -0.25) is 0 Å². The molecule has 0 radical (unpaired) electrons. The van der Waals surface area contributed by atoms with E-state index < -0.39 is 6.36 Å². The van der Waals surface area contributed by atoms with Gasteiger partial charge in [0.1, 0.15) is 11.5 Å². The molecule has 0 aliphatic rings. The molecule has 0 amide bonds. The summed E-state index contributed by atoms with van der Waals surface area (Å²) >= 11 is 0. The second-order valence-electron chi connectivity index (χ2n) is 5.38. The Bertz CT molecular complexity index is 654. The van der Waals surface area contributed by atoms with E-state index in [4.69, 9.17) is 10.5 Å². The number of alkyl halides is 3. The Labute approximate surface area is 139 Å². The predicted octanol–water partition coefficient (Wildman–Crippen LogP) is 5.40. The largest absolute Gasteiger partial charge is 0.573 e. The Morgan fingerprint density at radius 3 is 2.21 bits per heavy atom. The maximum Gasteiger partial charge on any atom is 0.573 e. The first-order valence-corrected chi connectivity index (χ1v) is 7.77. The highest BCUT2D eigenvalue weighted by Gasteiger charge is 2.30. The van der Waals surface area contributed by atoms with Crippen LogP contribution < -0.4 is 15.2 Å². The number of ether oxygens (including phenoxy) is 2. The summed E-state index contributed by atoms with van der Waals surface area (Å²) in [4.78, 5) is 0. The van der Waals surface area contributed by atoms with Crippen LogP contribution in [0.25, 0.3) is 11.1 Å². The summed E-state index contributed by atoms with van der Waals surface area (Å²) in [6, 6.07) is 11.0. The molecule has 2 aromatic rings. The zero-order chi connectivity index (χ0) is 17.6. The highest BCUT2D eigenvalue weighted by molar-refractivity contribution is 5.71. The molecule has 0 heterocycles. The summed E-state index contributed by atoms with van der Waals surface area (Å²) in [7, 11) is 0. The second-order valence-corrected chi connectivity index (χ2v) is 5.38. The summed E-state index contributed by atoms with van der Waals surface area (Å²) in [5.41, 5.74) is 8.03. The molecule has 0 aromatic heterocycles. The molecule has 2 rings (SSSR count). The number of anilines is 1. The van der Waals surface area contributed by atoms with Crippen LogP contribution in [-0.2, 0) is 0 Å². The molecule has 0 bridgehead atoms. The molecule has 0 saturated heterocycles. The summed E-state index contributed by atoms with van der Waals surface area (Å²) < 4.78 is 46.0. The van der Waals surface area contributed by atoms with Crippen LogP contribution in [0, 0.1) is 0 Å². The highest BCUT2D eigenvalue weighted by atomic mass is 19.4. The molecule has 0 aliphatic heterocycles. The lowest BCUT2D eigenvalue weighted by molar-refractivity contribution is -0.274. The van der Waals surface area contributed by atoms with E-state index >= 15 is 0 Å². The Hall–Kier alpha value is -2.37. The smallest absolute Gasteiger partial charge is 0.491 e. The molecule has 3 nitrogen and oxygen atoms in total. The first-order valence-electron chi connectivity index (χ1n) is 7.77. The minimum atomic E-state index is -4.69. The van der Waals surface area contributed by atoms with Gasteiger partial charge < -0.3 is 15.2 Å². The molecule has 0 fully saturated rings. The van der Waals surface area contributed by atoms with Crippen LogP contribution in [0.15, 0.2) is 42.5 Å². The first-order chi connectivity index (χ1) is 11.4. The molecule has 24 heavy (non-hydrogen) atoms. The Morgan fingerprint density at radius 1 is 0.958 bits per heavy atom. The van der Waals surface area contributed by atoms with Gasteiger partial charge in [0, 0.05) is 0 Å². The van der Waals surface area contributed by atoms with Gasteiger partial charge in [-0.2, -0.15) is 0 Å². The third-order valence-electron chi connectivity index (χ3n) is 3.44. The van der Waals surface area contributed by atoms with E-state index in [1.165, 1.54) is 12.1 Å². The van der Waals surface area contributed by atoms with Crippen molar-refractivity contribution >= 4 is 5.69 Å². The van der Waals surface area contributed by atoms with E-state index in [0.29, 0.717) is 18.0 Å². The Kier molecular flexibility index (Phi) is 5.95. The van der Waals surface area contributed by atoms with Crippen molar-refractivity contribution in [3.8, 4) is 22.6 Å². The van der Waals surface area contributed by atoms with Gasteiger partial charge in [-0.05, 0) is 41.8 Å². The van der Waals surface area contributed by atoms with Crippen molar-refractivity contribution in [3.05, 3.63) is 42.5 Å². The van der Waals surface area contributed by atoms with Crippen LogP contribution in [0.1, 0.15) is 26.2 Å². The molecule has 2 aromatic carbocycles. The minimum absolute atomic E-state index is 0.255. The van der Waals surface area contributed by atoms with Crippen molar-refractivity contribution < 1.29 is 22.6 Å². The molecule has 6 heteroatoms. The number of hydrogen-bond acceptors (Lipinski definition) is 3. The lowest BCUT2D eigenvalue weighted by Crippen LogP contribution is -2.16. The van der Waals surface area contributed by atoms with E-state index in [2.05, 4.69) is 11.7 Å². The van der Waals surface area contributed by atoms with Crippen LogP contribution in [0.2, 0.25) is 0 Å². The van der Waals surface area contributed by atoms with Crippen LogP contribution >= 0.6 is 0 Å². The fourth-order valence-corrected chi connectivity index (χ4v) is 2.24. The highest BCUT2D eigenvalue weighted by Crippen LogP contribution is 2.30. The zero-order valence-corrected chi connectivity index (χ0v) is 13.4. The van der Waals surface area contributed by atoms with Gasteiger partial charge in [-0.25, -0.2) is 0 Å². The van der Waals surface area contributed by atoms with Crippen LogP contribution in [0.5, 0.6) is 11.5 Å². The van der Waals surface area contributed by atoms with Gasteiger partial charge >= 0.3 is 6.36 Å². The van der Waals surface area contributed by atoms with Crippen LogP contribution in [0.4, 0.5) is 18.9 Å². The number of nitrogens with two attached hydrogens (primary N) is 1. The SMILES string of the molecule is CCCCCOc1ccc(-c2ccc(OC(F)(F)F)cc2)cc1N. The van der Waals surface area contributed by atoms with Crippen molar-refractivity contribution in [1.82, 2.24) is 0 Å². The van der Waals surface area contributed by atoms with E-state index in [9.17, 15) is 13.2 Å². The third-order valence-corrected chi connectivity index (χ3v) is 3.44. The Morgan fingerprint density at radius 2 is 1.62 bits per heavy atom. The summed E-state index contributed by atoms with van der Waals surface area (Å²) in [6.07, 6.45) is -1.50. The van der Waals surface area contributed by atoms with Crippen molar-refractivity contribution in [2.75, 3.05) is 12.3 Å². The fraction of sp³-hybridized carbons (Fsp3) is 0.333. The summed E-state index contributed by atoms with van der Waals surface area (Å²) in [6.45, 7) is 2.73. The van der Waals surface area contributed by atoms with Crippen LogP contribution in [0.3, 0.4) is 0 Å². The third kappa shape index (κ3) is 5.37. The fourth-order valence-electron chi connectivity index (χ4n) is 2.24. The van der Waals surface area contributed by atoms with Gasteiger partial charge in [-0.1, -0.05) is 38.0 Å². The lowest BCUT2D eigenvalue weighted by atomic mass is 10.0. The van der Waals surface area contributed by atoms with Crippen molar-refractivity contribution in [2.24, 2.45) is 0 Å². The van der Waals surface area contributed by atoms with E-state index in [1.807, 2.05) is 6.07 Å². The molecule has 0 aliphatic carbocycles. The number of hydrogen-bond donors (Lipinski definition) is 1. The average Bonchev–Trinajstić information content (AvgIpc) is 2.52. The van der Waals surface area contributed by atoms with Gasteiger partial charge in [0.25, 0.3) is 0 Å². The topological polar surface area (TPSA) is 44.5 Å². The average molecular weight is 339 g/mol. The van der Waals surface area contributed by atoms with E-state index in [0.717, 1.165) is 30.4 Å². The Balaban J connectivity index is 2.05. The lowest BCUT2D eigenvalue weighted by Gasteiger charge is -2.11. The van der Waals surface area contributed by atoms with Gasteiger partial charge in [0.15, 0.2) is 0 Å². The molecule has 0 saturated carbocycles. The van der Waals surface area contributed by atoms with E-state index in [1.54, 1.807) is 24.3 Å². The standard InChI is InChI=1S/C18H20F3NO2/c1-2-3-4-11-23-17-10-7-14(12-16(17)22)13-5-8-15(9-6-13)24-18(19,20)21/h5-10,12H,2-4,11,22H2,1H3. The quantitative estimate of drug-likeness (QED) is 0.542. The second kappa shape index (κ2) is 7.95. The summed E-state index contributed by atoms with van der Waals surface area (Å²) in [5, 5.41) is 0. The van der Waals surface area contributed by atoms with Crippen molar-refractivity contribution in [2.45, 2.75) is 32.5 Å². The minimum Gasteiger partial charge on any atom is -0.491 e. The normalized spacial score (nSPS) is 11.3. The van der Waals surface area contributed by atoms with Gasteiger partial charge in [-0.15, -0.1) is 13.2 Å². The molecular formula is C18H20F3NO2. The van der Waals surface area contributed by atoms with E-state index in [-0.39, 0.29) is 5.75 Å². The molecule has 0 spiro atoms. The molecule has 2 N–H and O–H groups in total. The first kappa shape index (κ1) is 18.0. The number of benzene rings is 2. The maximum atomic E-state index is 12.2. The van der Waals surface area contributed by atoms with Crippen molar-refractivity contribution in [3.63, 3.8) is 0 Å². The molecule has 130 valence electrons. The number of halogens is 3. The monoisotopic (exact) mass is 339 g/mol. The predicted molar refractivity (Wildman–Crippen MR) is 88.0 cm³/mol. The molecule has 0 atom stereocenters. The van der Waals surface area contributed by atoms with Gasteiger partial charge in [0.2, 0.25) is 0 Å². The van der Waals surface area contributed by atoms with Crippen molar-refractivity contribution in [1.29, 1.82) is 0 Å². The van der Waals surface area contributed by atoms with Crippen LogP contribution in [-0.4, -0.2) is 13.0 Å². The zero-order valence-electron chi connectivity index (χ0n) is 13.4.